The highest BCUT2D eigenvalue weighted by Crippen LogP contribution is 2.26. The Morgan fingerprint density at radius 3 is 2.33 bits per heavy atom. The van der Waals surface area contributed by atoms with Gasteiger partial charge in [0.25, 0.3) is 0 Å². The molecular weight excluding hydrogens is 224 g/mol. The Morgan fingerprint density at radius 2 is 1.89 bits per heavy atom. The molecule has 0 aromatic heterocycles. The highest BCUT2D eigenvalue weighted by Gasteiger charge is 2.33. The molecule has 3 heteroatoms. The number of rotatable bonds is 8. The van der Waals surface area contributed by atoms with E-state index in [-0.39, 0.29) is 5.54 Å². The summed E-state index contributed by atoms with van der Waals surface area (Å²) in [6.45, 7) is 7.25. The van der Waals surface area contributed by atoms with Crippen molar-refractivity contribution in [3.05, 3.63) is 0 Å². The van der Waals surface area contributed by atoms with Crippen molar-refractivity contribution in [2.75, 3.05) is 26.7 Å². The lowest BCUT2D eigenvalue weighted by molar-refractivity contribution is -0.0261. The molecule has 0 spiro atoms. The third kappa shape index (κ3) is 4.22. The first-order valence-electron chi connectivity index (χ1n) is 7.71. The van der Waals surface area contributed by atoms with Crippen molar-refractivity contribution in [3.63, 3.8) is 0 Å². The van der Waals surface area contributed by atoms with E-state index in [2.05, 4.69) is 25.8 Å². The maximum atomic E-state index is 6.10. The van der Waals surface area contributed by atoms with Gasteiger partial charge in [0.1, 0.15) is 0 Å². The SMILES string of the molecule is CCCC(CN)(CCC)N(C)CC1CCCCO1. The number of nitrogens with two attached hydrogens (primary N) is 1. The van der Waals surface area contributed by atoms with Gasteiger partial charge in [0.15, 0.2) is 0 Å². The fraction of sp³-hybridized carbons (Fsp3) is 1.00. The number of hydrogen-bond donors (Lipinski definition) is 1. The summed E-state index contributed by atoms with van der Waals surface area (Å²) in [6.07, 6.45) is 8.97. The van der Waals surface area contributed by atoms with Crippen molar-refractivity contribution in [2.45, 2.75) is 70.4 Å². The van der Waals surface area contributed by atoms with Crippen LogP contribution in [0.25, 0.3) is 0 Å². The summed E-state index contributed by atoms with van der Waals surface area (Å²) in [5, 5.41) is 0. The Bertz CT molecular complexity index is 209. The van der Waals surface area contributed by atoms with E-state index in [4.69, 9.17) is 10.5 Å². The molecule has 1 heterocycles. The van der Waals surface area contributed by atoms with Gasteiger partial charge in [0, 0.05) is 25.2 Å². The fourth-order valence-electron chi connectivity index (χ4n) is 3.25. The predicted octanol–water partition coefficient (Wildman–Crippen LogP) is 2.79. The Kier molecular flexibility index (Phi) is 7.20. The average molecular weight is 256 g/mol. The van der Waals surface area contributed by atoms with Gasteiger partial charge in [-0.2, -0.15) is 0 Å². The van der Waals surface area contributed by atoms with E-state index < -0.39 is 0 Å². The molecule has 1 aliphatic rings. The van der Waals surface area contributed by atoms with Crippen LogP contribution in [0.1, 0.15) is 58.8 Å². The summed E-state index contributed by atoms with van der Waals surface area (Å²) in [5.41, 5.74) is 6.29. The zero-order chi connectivity index (χ0) is 13.4. The molecule has 1 aliphatic heterocycles. The molecule has 1 atom stereocenters. The van der Waals surface area contributed by atoms with Crippen LogP contribution in [0.2, 0.25) is 0 Å². The van der Waals surface area contributed by atoms with E-state index in [0.29, 0.717) is 6.10 Å². The summed E-state index contributed by atoms with van der Waals surface area (Å²) in [4.78, 5) is 2.48. The maximum absolute atomic E-state index is 6.10. The summed E-state index contributed by atoms with van der Waals surface area (Å²) in [5.74, 6) is 0. The molecular formula is C15H32N2O. The minimum atomic E-state index is 0.185. The molecule has 1 saturated heterocycles. The van der Waals surface area contributed by atoms with Crippen LogP contribution in [0.5, 0.6) is 0 Å². The van der Waals surface area contributed by atoms with Crippen LogP contribution in [0.15, 0.2) is 0 Å². The second-order valence-corrected chi connectivity index (χ2v) is 5.80. The second-order valence-electron chi connectivity index (χ2n) is 5.80. The molecule has 18 heavy (non-hydrogen) atoms. The highest BCUT2D eigenvalue weighted by molar-refractivity contribution is 4.91. The van der Waals surface area contributed by atoms with Crippen molar-refractivity contribution in [3.8, 4) is 0 Å². The molecule has 1 rings (SSSR count). The number of ether oxygens (including phenoxy) is 1. The van der Waals surface area contributed by atoms with Crippen LogP contribution >= 0.6 is 0 Å². The summed E-state index contributed by atoms with van der Waals surface area (Å²) in [7, 11) is 2.23. The quantitative estimate of drug-likeness (QED) is 0.726. The largest absolute Gasteiger partial charge is 0.377 e. The van der Waals surface area contributed by atoms with Crippen molar-refractivity contribution < 1.29 is 4.74 Å². The third-order valence-corrected chi connectivity index (χ3v) is 4.37. The van der Waals surface area contributed by atoms with Crippen molar-refractivity contribution in [1.82, 2.24) is 4.90 Å². The molecule has 1 unspecified atom stereocenters. The van der Waals surface area contributed by atoms with Gasteiger partial charge in [-0.15, -0.1) is 0 Å². The lowest BCUT2D eigenvalue weighted by atomic mass is 9.86. The van der Waals surface area contributed by atoms with Crippen molar-refractivity contribution >= 4 is 0 Å². The minimum absolute atomic E-state index is 0.185. The topological polar surface area (TPSA) is 38.5 Å². The Hall–Kier alpha value is -0.120. The normalized spacial score (nSPS) is 21.5. The van der Waals surface area contributed by atoms with E-state index in [1.165, 1.54) is 44.9 Å². The van der Waals surface area contributed by atoms with Crippen LogP contribution in [0.3, 0.4) is 0 Å². The first-order chi connectivity index (χ1) is 8.68. The smallest absolute Gasteiger partial charge is 0.0702 e. The van der Waals surface area contributed by atoms with E-state index in [9.17, 15) is 0 Å². The molecule has 0 amide bonds. The molecule has 0 radical (unpaired) electrons. The summed E-state index contributed by atoms with van der Waals surface area (Å²) in [6, 6.07) is 0. The van der Waals surface area contributed by atoms with Crippen LogP contribution in [-0.4, -0.2) is 43.3 Å². The second kappa shape index (κ2) is 8.13. The molecule has 1 fully saturated rings. The average Bonchev–Trinajstić information content (AvgIpc) is 2.39. The fourth-order valence-corrected chi connectivity index (χ4v) is 3.25. The maximum Gasteiger partial charge on any atom is 0.0702 e. The monoisotopic (exact) mass is 256 g/mol. The minimum Gasteiger partial charge on any atom is -0.377 e. The number of likely N-dealkylation sites (N-methyl/N-ethyl adjacent to an activating group) is 1. The van der Waals surface area contributed by atoms with Gasteiger partial charge in [-0.05, 0) is 39.2 Å². The van der Waals surface area contributed by atoms with Gasteiger partial charge >= 0.3 is 0 Å². The molecule has 0 bridgehead atoms. The van der Waals surface area contributed by atoms with Crippen LogP contribution < -0.4 is 5.73 Å². The van der Waals surface area contributed by atoms with Crippen LogP contribution in [-0.2, 0) is 4.74 Å². The third-order valence-electron chi connectivity index (χ3n) is 4.37. The summed E-state index contributed by atoms with van der Waals surface area (Å²) >= 11 is 0. The molecule has 0 aliphatic carbocycles. The van der Waals surface area contributed by atoms with Gasteiger partial charge in [0.2, 0.25) is 0 Å². The molecule has 2 N–H and O–H groups in total. The van der Waals surface area contributed by atoms with Gasteiger partial charge < -0.3 is 10.5 Å². The molecule has 0 aromatic rings. The Balaban J connectivity index is 2.58. The standard InChI is InChI=1S/C15H32N2O/c1-4-9-15(13-16,10-5-2)17(3)12-14-8-6-7-11-18-14/h14H,4-13,16H2,1-3H3. The summed E-state index contributed by atoms with van der Waals surface area (Å²) < 4.78 is 5.86. The van der Waals surface area contributed by atoms with E-state index in [1.807, 2.05) is 0 Å². The molecule has 0 saturated carbocycles. The first-order valence-corrected chi connectivity index (χ1v) is 7.71. The highest BCUT2D eigenvalue weighted by atomic mass is 16.5. The van der Waals surface area contributed by atoms with Crippen molar-refractivity contribution in [2.24, 2.45) is 5.73 Å². The molecule has 108 valence electrons. The predicted molar refractivity (Wildman–Crippen MR) is 77.8 cm³/mol. The lowest BCUT2D eigenvalue weighted by Gasteiger charge is -2.43. The number of nitrogens with zero attached hydrogens (tertiary/aromatic N) is 1. The lowest BCUT2D eigenvalue weighted by Crippen LogP contribution is -2.54. The molecule has 0 aromatic carbocycles. The Labute approximate surface area is 113 Å². The zero-order valence-electron chi connectivity index (χ0n) is 12.6. The van der Waals surface area contributed by atoms with Crippen LogP contribution in [0, 0.1) is 0 Å². The van der Waals surface area contributed by atoms with E-state index in [0.717, 1.165) is 19.7 Å². The van der Waals surface area contributed by atoms with Gasteiger partial charge in [0.05, 0.1) is 6.10 Å². The van der Waals surface area contributed by atoms with Gasteiger partial charge in [-0.1, -0.05) is 26.7 Å². The number of hydrogen-bond acceptors (Lipinski definition) is 3. The van der Waals surface area contributed by atoms with E-state index >= 15 is 0 Å². The van der Waals surface area contributed by atoms with Crippen LogP contribution in [0.4, 0.5) is 0 Å². The van der Waals surface area contributed by atoms with Crippen molar-refractivity contribution in [1.29, 1.82) is 0 Å². The van der Waals surface area contributed by atoms with Gasteiger partial charge in [-0.3, -0.25) is 4.90 Å². The first kappa shape index (κ1) is 15.9. The zero-order valence-corrected chi connectivity index (χ0v) is 12.6. The molecule has 3 nitrogen and oxygen atoms in total. The van der Waals surface area contributed by atoms with Gasteiger partial charge in [-0.25, -0.2) is 0 Å². The van der Waals surface area contributed by atoms with E-state index in [1.54, 1.807) is 0 Å². The Morgan fingerprint density at radius 1 is 1.22 bits per heavy atom.